The monoisotopic (exact) mass is 258 g/mol. The van der Waals surface area contributed by atoms with Crippen LogP contribution in [0.15, 0.2) is 36.4 Å². The highest BCUT2D eigenvalue weighted by atomic mass is 19.5. The molecule has 0 bridgehead atoms. The Hall–Kier alpha value is -2.37. The zero-order chi connectivity index (χ0) is 13.6. The quantitative estimate of drug-likeness (QED) is 0.479. The molecule has 0 unspecified atom stereocenters. The minimum absolute atomic E-state index is 0.291. The summed E-state index contributed by atoms with van der Waals surface area (Å²) in [4.78, 5) is 2.97. The Bertz CT molecular complexity index is 525. The number of nitrogens with zero attached hydrogens (tertiary/aromatic N) is 3. The van der Waals surface area contributed by atoms with Crippen molar-refractivity contribution >= 4 is 13.1 Å². The topological polar surface area (TPSA) is 56.8 Å². The summed E-state index contributed by atoms with van der Waals surface area (Å²) in [7, 11) is -6.00. The van der Waals surface area contributed by atoms with E-state index in [1.165, 1.54) is 0 Å². The molecule has 0 spiro atoms. The summed E-state index contributed by atoms with van der Waals surface area (Å²) in [6.45, 7) is 0. The van der Waals surface area contributed by atoms with Crippen molar-refractivity contribution in [1.29, 1.82) is 5.39 Å². The van der Waals surface area contributed by atoms with Crippen molar-refractivity contribution in [1.82, 2.24) is 10.2 Å². The number of benzene rings is 1. The Morgan fingerprint density at radius 3 is 2.11 bits per heavy atom. The molecule has 0 atom stereocenters. The fourth-order valence-electron chi connectivity index (χ4n) is 1.13. The Labute approximate surface area is 99.4 Å². The van der Waals surface area contributed by atoms with Gasteiger partial charge in [0.2, 0.25) is 0 Å². The zero-order valence-electron chi connectivity index (χ0n) is 8.89. The van der Waals surface area contributed by atoms with Gasteiger partial charge in [-0.1, -0.05) is 30.3 Å². The minimum Gasteiger partial charge on any atom is -0.418 e. The molecule has 0 fully saturated rings. The van der Waals surface area contributed by atoms with Crippen LogP contribution in [-0.4, -0.2) is 17.5 Å². The highest BCUT2D eigenvalue weighted by molar-refractivity contribution is 6.50. The van der Waals surface area contributed by atoms with Crippen LogP contribution < -0.4 is 0 Å². The van der Waals surface area contributed by atoms with Crippen LogP contribution in [0.5, 0.6) is 0 Å². The lowest BCUT2D eigenvalue weighted by molar-refractivity contribution is 0.368. The van der Waals surface area contributed by atoms with E-state index in [9.17, 15) is 17.3 Å². The van der Waals surface area contributed by atoms with Gasteiger partial charge in [0.05, 0.1) is 22.3 Å². The number of nitrogens with one attached hydrogen (secondary N) is 1. The van der Waals surface area contributed by atoms with Gasteiger partial charge in [0.15, 0.2) is 0 Å². The summed E-state index contributed by atoms with van der Waals surface area (Å²) in [5, 5.41) is 15.0. The smallest absolute Gasteiger partial charge is 0.418 e. The lowest BCUT2D eigenvalue weighted by Gasteiger charge is -1.94. The Morgan fingerprint density at radius 1 is 1.11 bits per heavy atom. The number of aromatic nitrogens is 2. The summed E-state index contributed by atoms with van der Waals surface area (Å²) < 4.78 is 39.0. The van der Waals surface area contributed by atoms with Gasteiger partial charge < -0.3 is 17.3 Å². The van der Waals surface area contributed by atoms with Gasteiger partial charge in [-0.3, -0.25) is 0 Å². The normalized spacial score (nSPS) is 10.2. The SMILES string of the molecule is F[B-](F)(F)F.N#[N+]c1cc(-c2ccccc2)[nH]n1. The molecule has 0 aliphatic carbocycles. The number of H-pyrrole nitrogens is 1. The van der Waals surface area contributed by atoms with E-state index in [4.69, 9.17) is 5.39 Å². The first-order chi connectivity index (χ1) is 8.40. The van der Waals surface area contributed by atoms with Crippen molar-refractivity contribution in [3.8, 4) is 11.3 Å². The standard InChI is InChI=1S/C9H7N4.BF4/c10-11-9-6-8(12-13-9)7-4-2-1-3-5-7;2-1(3,4)5/h1-6H,(H,12,13);/q+1;-1. The van der Waals surface area contributed by atoms with Crippen LogP contribution in [0.4, 0.5) is 23.1 Å². The number of halogens is 4. The van der Waals surface area contributed by atoms with E-state index in [2.05, 4.69) is 15.2 Å². The van der Waals surface area contributed by atoms with E-state index in [1.807, 2.05) is 30.3 Å². The van der Waals surface area contributed by atoms with Crippen LogP contribution in [-0.2, 0) is 0 Å². The summed E-state index contributed by atoms with van der Waals surface area (Å²) in [5.41, 5.74) is 1.86. The highest BCUT2D eigenvalue weighted by Gasteiger charge is 2.20. The molecular formula is C9H7BF4N4. The van der Waals surface area contributed by atoms with Gasteiger partial charge in [-0.05, 0) is 0 Å². The maximum absolute atomic E-state index is 9.75. The summed E-state index contributed by atoms with van der Waals surface area (Å²) >= 11 is 0. The second-order valence-corrected chi connectivity index (χ2v) is 3.10. The molecule has 0 saturated carbocycles. The molecule has 1 aromatic carbocycles. The molecule has 1 heterocycles. The number of diazo groups is 1. The van der Waals surface area contributed by atoms with Crippen LogP contribution in [0, 0.1) is 5.39 Å². The van der Waals surface area contributed by atoms with Crippen molar-refractivity contribution < 1.29 is 17.3 Å². The molecule has 0 amide bonds. The van der Waals surface area contributed by atoms with Gasteiger partial charge in [-0.25, -0.2) is 0 Å². The van der Waals surface area contributed by atoms with Gasteiger partial charge in [-0.15, -0.1) is 0 Å². The van der Waals surface area contributed by atoms with Crippen LogP contribution in [0.2, 0.25) is 0 Å². The van der Waals surface area contributed by atoms with E-state index < -0.39 is 7.25 Å². The third-order valence-electron chi connectivity index (χ3n) is 1.75. The van der Waals surface area contributed by atoms with Crippen molar-refractivity contribution in [2.24, 2.45) is 0 Å². The predicted octanol–water partition coefficient (Wildman–Crippen LogP) is 3.86. The second-order valence-electron chi connectivity index (χ2n) is 3.10. The van der Waals surface area contributed by atoms with Gasteiger partial charge in [0.25, 0.3) is 0 Å². The Balaban J connectivity index is 0.000000280. The molecule has 18 heavy (non-hydrogen) atoms. The van der Waals surface area contributed by atoms with Crippen molar-refractivity contribution in [2.45, 2.75) is 0 Å². The number of rotatable bonds is 1. The fourth-order valence-corrected chi connectivity index (χ4v) is 1.13. The molecule has 2 aromatic rings. The predicted molar refractivity (Wildman–Crippen MR) is 59.0 cm³/mol. The first kappa shape index (κ1) is 13.7. The van der Waals surface area contributed by atoms with E-state index in [0.717, 1.165) is 11.3 Å². The van der Waals surface area contributed by atoms with Gasteiger partial charge in [0, 0.05) is 10.5 Å². The van der Waals surface area contributed by atoms with Crippen molar-refractivity contribution in [3.05, 3.63) is 41.4 Å². The van der Waals surface area contributed by atoms with Crippen LogP contribution in [0.25, 0.3) is 16.2 Å². The van der Waals surface area contributed by atoms with Crippen LogP contribution in [0.1, 0.15) is 0 Å². The van der Waals surface area contributed by atoms with E-state index in [1.54, 1.807) is 6.07 Å². The number of aromatic amines is 1. The zero-order valence-corrected chi connectivity index (χ0v) is 8.89. The van der Waals surface area contributed by atoms with Crippen LogP contribution in [0.3, 0.4) is 0 Å². The maximum atomic E-state index is 9.75. The maximum Gasteiger partial charge on any atom is 0.673 e. The Morgan fingerprint density at radius 2 is 1.67 bits per heavy atom. The third-order valence-corrected chi connectivity index (χ3v) is 1.75. The van der Waals surface area contributed by atoms with Gasteiger partial charge in [-0.2, -0.15) is 5.10 Å². The largest absolute Gasteiger partial charge is 0.673 e. The molecule has 0 aliphatic heterocycles. The van der Waals surface area contributed by atoms with Crippen LogP contribution >= 0.6 is 0 Å². The summed E-state index contributed by atoms with van der Waals surface area (Å²) in [6, 6.07) is 11.4. The summed E-state index contributed by atoms with van der Waals surface area (Å²) in [6.07, 6.45) is 0. The lowest BCUT2D eigenvalue weighted by atomic mass is 10.2. The second kappa shape index (κ2) is 5.81. The average molecular weight is 258 g/mol. The van der Waals surface area contributed by atoms with Crippen molar-refractivity contribution in [3.63, 3.8) is 0 Å². The molecule has 9 heteroatoms. The van der Waals surface area contributed by atoms with E-state index in [-0.39, 0.29) is 0 Å². The Kier molecular flexibility index (Phi) is 4.42. The molecule has 0 radical (unpaired) electrons. The van der Waals surface area contributed by atoms with Crippen molar-refractivity contribution in [2.75, 3.05) is 0 Å². The van der Waals surface area contributed by atoms with E-state index in [0.29, 0.717) is 5.82 Å². The third kappa shape index (κ3) is 5.11. The first-order valence-electron chi connectivity index (χ1n) is 4.73. The number of hydrogen-bond donors (Lipinski definition) is 1. The fraction of sp³-hybridized carbons (Fsp3) is 0. The average Bonchev–Trinajstić information content (AvgIpc) is 2.76. The highest BCUT2D eigenvalue weighted by Crippen LogP contribution is 2.20. The van der Waals surface area contributed by atoms with Gasteiger partial charge >= 0.3 is 13.1 Å². The summed E-state index contributed by atoms with van der Waals surface area (Å²) in [5.74, 6) is 0.291. The lowest BCUT2D eigenvalue weighted by Crippen LogP contribution is -2.02. The molecular weight excluding hydrogens is 251 g/mol. The molecule has 0 saturated heterocycles. The minimum atomic E-state index is -6.00. The molecule has 2 rings (SSSR count). The van der Waals surface area contributed by atoms with E-state index >= 15 is 0 Å². The first-order valence-corrected chi connectivity index (χ1v) is 4.73. The molecule has 1 aromatic heterocycles. The molecule has 1 N–H and O–H groups in total. The van der Waals surface area contributed by atoms with Gasteiger partial charge in [0.1, 0.15) is 0 Å². The molecule has 0 aliphatic rings. The molecule has 94 valence electrons. The number of hydrogen-bond acceptors (Lipinski definition) is 2. The molecule has 4 nitrogen and oxygen atoms in total.